The van der Waals surface area contributed by atoms with Crippen LogP contribution in [-0.2, 0) is 6.54 Å². The average Bonchev–Trinajstić information content (AvgIpc) is 2.67. The Morgan fingerprint density at radius 3 is 2.75 bits per heavy atom. The van der Waals surface area contributed by atoms with Gasteiger partial charge in [0.2, 0.25) is 0 Å². The molecule has 5 heteroatoms. The third-order valence-electron chi connectivity index (χ3n) is 2.98. The molecule has 1 aromatic heterocycles. The van der Waals surface area contributed by atoms with E-state index in [9.17, 15) is 4.39 Å². The number of halogens is 2. The molecular weight excluding hydrogens is 277 g/mol. The highest BCUT2D eigenvalue weighted by Crippen LogP contribution is 2.20. The molecule has 0 fully saturated rings. The number of hydrogen-bond acceptors (Lipinski definition) is 2. The van der Waals surface area contributed by atoms with E-state index in [2.05, 4.69) is 16.9 Å². The fourth-order valence-corrected chi connectivity index (χ4v) is 2.05. The molecule has 0 aliphatic rings. The Balaban J connectivity index is 2.32. The third kappa shape index (κ3) is 3.01. The zero-order chi connectivity index (χ0) is 14.7. The Labute approximate surface area is 122 Å². The lowest BCUT2D eigenvalue weighted by molar-refractivity contribution is 0.619. The predicted molar refractivity (Wildman–Crippen MR) is 78.1 cm³/mol. The van der Waals surface area contributed by atoms with Crippen LogP contribution < -0.4 is 5.73 Å². The highest BCUT2D eigenvalue weighted by Gasteiger charge is 2.10. The molecule has 0 bridgehead atoms. The van der Waals surface area contributed by atoms with Crippen molar-refractivity contribution in [2.75, 3.05) is 6.54 Å². The van der Waals surface area contributed by atoms with Gasteiger partial charge in [0.25, 0.3) is 0 Å². The van der Waals surface area contributed by atoms with Crippen LogP contribution in [0.15, 0.2) is 18.2 Å². The summed E-state index contributed by atoms with van der Waals surface area (Å²) in [6, 6.07) is 4.83. The van der Waals surface area contributed by atoms with Crippen molar-refractivity contribution in [1.82, 2.24) is 9.78 Å². The number of hydrogen-bond donors (Lipinski definition) is 1. The molecule has 0 spiro atoms. The van der Waals surface area contributed by atoms with Crippen LogP contribution in [0.3, 0.4) is 0 Å². The van der Waals surface area contributed by atoms with Crippen molar-refractivity contribution in [3.63, 3.8) is 0 Å². The Morgan fingerprint density at radius 2 is 2.15 bits per heavy atom. The molecule has 3 nitrogen and oxygen atoms in total. The van der Waals surface area contributed by atoms with E-state index in [1.54, 1.807) is 16.8 Å². The minimum absolute atomic E-state index is 0.205. The molecule has 0 amide bonds. The summed E-state index contributed by atoms with van der Waals surface area (Å²) >= 11 is 6.11. The van der Waals surface area contributed by atoms with E-state index in [-0.39, 0.29) is 12.4 Å². The molecule has 0 saturated carbocycles. The van der Waals surface area contributed by atoms with Gasteiger partial charge in [-0.3, -0.25) is 4.68 Å². The molecule has 0 atom stereocenters. The van der Waals surface area contributed by atoms with Gasteiger partial charge in [0.1, 0.15) is 5.82 Å². The third-order valence-corrected chi connectivity index (χ3v) is 3.53. The highest BCUT2D eigenvalue weighted by molar-refractivity contribution is 6.31. The number of nitrogens with zero attached hydrogens (tertiary/aromatic N) is 2. The molecule has 2 rings (SSSR count). The van der Waals surface area contributed by atoms with Gasteiger partial charge in [-0.1, -0.05) is 29.5 Å². The van der Waals surface area contributed by atoms with Crippen molar-refractivity contribution < 1.29 is 4.39 Å². The monoisotopic (exact) mass is 291 g/mol. The first kappa shape index (κ1) is 14.6. The van der Waals surface area contributed by atoms with Crippen LogP contribution in [0, 0.1) is 31.5 Å². The maximum absolute atomic E-state index is 13.6. The summed E-state index contributed by atoms with van der Waals surface area (Å²) in [6.07, 6.45) is 0. The predicted octanol–water partition coefficient (Wildman–Crippen LogP) is 2.65. The van der Waals surface area contributed by atoms with Crippen molar-refractivity contribution in [2.45, 2.75) is 20.4 Å². The minimum Gasteiger partial charge on any atom is -0.320 e. The van der Waals surface area contributed by atoms with E-state index in [4.69, 9.17) is 17.3 Å². The Morgan fingerprint density at radius 1 is 1.40 bits per heavy atom. The largest absolute Gasteiger partial charge is 0.320 e. The zero-order valence-electron chi connectivity index (χ0n) is 11.4. The standard InChI is InChI=1S/C15H15ClFN3/c1-10-15(16)11(2)20(19-10)9-12-5-6-14(17)13(8-12)4-3-7-18/h5-6,8H,7,9,18H2,1-2H3. The van der Waals surface area contributed by atoms with Crippen LogP contribution in [0.2, 0.25) is 5.02 Å². The average molecular weight is 292 g/mol. The van der Waals surface area contributed by atoms with Gasteiger partial charge in [-0.2, -0.15) is 5.10 Å². The van der Waals surface area contributed by atoms with Crippen LogP contribution in [0.4, 0.5) is 4.39 Å². The van der Waals surface area contributed by atoms with Crippen LogP contribution in [0.25, 0.3) is 0 Å². The van der Waals surface area contributed by atoms with E-state index in [0.717, 1.165) is 17.0 Å². The first-order valence-corrected chi connectivity index (χ1v) is 6.57. The molecule has 104 valence electrons. The second-order valence-corrected chi connectivity index (χ2v) is 4.84. The van der Waals surface area contributed by atoms with Gasteiger partial charge in [0, 0.05) is 0 Å². The number of benzene rings is 1. The Bertz CT molecular complexity index is 695. The molecule has 0 saturated heterocycles. The molecule has 2 aromatic rings. The maximum atomic E-state index is 13.6. The van der Waals surface area contributed by atoms with Gasteiger partial charge in [0.05, 0.1) is 35.1 Å². The molecule has 0 aliphatic carbocycles. The summed E-state index contributed by atoms with van der Waals surface area (Å²) in [7, 11) is 0. The lowest BCUT2D eigenvalue weighted by atomic mass is 10.1. The summed E-state index contributed by atoms with van der Waals surface area (Å²) in [4.78, 5) is 0. The van der Waals surface area contributed by atoms with Crippen molar-refractivity contribution in [2.24, 2.45) is 5.73 Å². The topological polar surface area (TPSA) is 43.8 Å². The van der Waals surface area contributed by atoms with Crippen molar-refractivity contribution in [3.05, 3.63) is 51.6 Å². The van der Waals surface area contributed by atoms with Gasteiger partial charge in [-0.25, -0.2) is 4.39 Å². The van der Waals surface area contributed by atoms with Gasteiger partial charge in [-0.05, 0) is 31.5 Å². The van der Waals surface area contributed by atoms with Gasteiger partial charge in [-0.15, -0.1) is 0 Å². The second kappa shape index (κ2) is 6.08. The summed E-state index contributed by atoms with van der Waals surface area (Å²) < 4.78 is 15.4. The highest BCUT2D eigenvalue weighted by atomic mass is 35.5. The molecule has 1 heterocycles. The number of aryl methyl sites for hydroxylation is 1. The molecule has 20 heavy (non-hydrogen) atoms. The fraction of sp³-hybridized carbons (Fsp3) is 0.267. The van der Waals surface area contributed by atoms with Gasteiger partial charge < -0.3 is 5.73 Å². The molecule has 0 unspecified atom stereocenters. The van der Waals surface area contributed by atoms with Crippen LogP contribution in [0.5, 0.6) is 0 Å². The van der Waals surface area contributed by atoms with Gasteiger partial charge in [0.15, 0.2) is 0 Å². The Hall–Kier alpha value is -1.83. The lowest BCUT2D eigenvalue weighted by Gasteiger charge is -2.06. The van der Waals surface area contributed by atoms with Crippen LogP contribution in [-0.4, -0.2) is 16.3 Å². The summed E-state index contributed by atoms with van der Waals surface area (Å²) in [5.41, 5.74) is 8.24. The number of aromatic nitrogens is 2. The number of nitrogens with two attached hydrogens (primary N) is 1. The zero-order valence-corrected chi connectivity index (χ0v) is 12.1. The van der Waals surface area contributed by atoms with Crippen molar-refractivity contribution >= 4 is 11.6 Å². The van der Waals surface area contributed by atoms with E-state index in [0.29, 0.717) is 17.1 Å². The van der Waals surface area contributed by atoms with Gasteiger partial charge >= 0.3 is 0 Å². The number of rotatable bonds is 2. The second-order valence-electron chi connectivity index (χ2n) is 4.46. The van der Waals surface area contributed by atoms with E-state index in [1.165, 1.54) is 6.07 Å². The summed E-state index contributed by atoms with van der Waals surface area (Å²) in [5, 5.41) is 5.02. The van der Waals surface area contributed by atoms with Crippen LogP contribution in [0.1, 0.15) is 22.5 Å². The molecule has 0 aliphatic heterocycles. The lowest BCUT2D eigenvalue weighted by Crippen LogP contribution is -2.04. The van der Waals surface area contributed by atoms with E-state index >= 15 is 0 Å². The molecule has 1 aromatic carbocycles. The summed E-state index contributed by atoms with van der Waals surface area (Å²) in [6.45, 7) is 4.49. The quantitative estimate of drug-likeness (QED) is 0.865. The SMILES string of the molecule is Cc1nn(Cc2ccc(F)c(C#CCN)c2)c(C)c1Cl. The molecule has 0 radical (unpaired) electrons. The van der Waals surface area contributed by atoms with E-state index in [1.807, 2.05) is 13.8 Å². The molecular formula is C15H15ClFN3. The summed E-state index contributed by atoms with van der Waals surface area (Å²) in [5.74, 6) is 5.03. The smallest absolute Gasteiger partial charge is 0.138 e. The maximum Gasteiger partial charge on any atom is 0.138 e. The van der Waals surface area contributed by atoms with E-state index < -0.39 is 0 Å². The Kier molecular flexibility index (Phi) is 4.43. The fourth-order valence-electron chi connectivity index (χ4n) is 1.91. The minimum atomic E-state index is -0.346. The molecule has 2 N–H and O–H groups in total. The first-order chi connectivity index (χ1) is 9.52. The van der Waals surface area contributed by atoms with Crippen molar-refractivity contribution in [1.29, 1.82) is 0 Å². The van der Waals surface area contributed by atoms with Crippen LogP contribution >= 0.6 is 11.6 Å². The first-order valence-electron chi connectivity index (χ1n) is 6.19. The normalized spacial score (nSPS) is 10.2. The van der Waals surface area contributed by atoms with Crippen molar-refractivity contribution in [3.8, 4) is 11.8 Å².